The standard InChI is InChI=1S/C11H16N2OS/c1-8-7-15-11(12-8)10-4-3-5-13(6-10)9(2)14/h7,10H,3-6H2,1-2H3/t10-/m1/s1. The third-order valence-corrected chi connectivity index (χ3v) is 3.98. The SMILES string of the molecule is CC(=O)N1CCC[C@@H](c2nc(C)cs2)C1. The van der Waals surface area contributed by atoms with Crippen LogP contribution in [0.5, 0.6) is 0 Å². The quantitative estimate of drug-likeness (QED) is 0.732. The van der Waals surface area contributed by atoms with Gasteiger partial charge < -0.3 is 4.90 Å². The first kappa shape index (κ1) is 10.6. The highest BCUT2D eigenvalue weighted by Crippen LogP contribution is 2.28. The zero-order valence-corrected chi connectivity index (χ0v) is 10.0. The fourth-order valence-corrected chi connectivity index (χ4v) is 2.95. The first-order chi connectivity index (χ1) is 7.16. The number of carbonyl (C=O) groups is 1. The Bertz CT molecular complexity index is 361. The number of thiazole rings is 1. The lowest BCUT2D eigenvalue weighted by Gasteiger charge is -2.30. The molecule has 2 rings (SSSR count). The first-order valence-corrected chi connectivity index (χ1v) is 6.22. The summed E-state index contributed by atoms with van der Waals surface area (Å²) in [4.78, 5) is 17.7. The molecule has 1 atom stereocenters. The number of amides is 1. The molecule has 2 heterocycles. The smallest absolute Gasteiger partial charge is 0.219 e. The number of hydrogen-bond acceptors (Lipinski definition) is 3. The Hall–Kier alpha value is -0.900. The Morgan fingerprint density at radius 1 is 1.67 bits per heavy atom. The van der Waals surface area contributed by atoms with Crippen molar-refractivity contribution in [2.45, 2.75) is 32.6 Å². The number of nitrogens with zero attached hydrogens (tertiary/aromatic N) is 2. The number of aryl methyl sites for hydroxylation is 1. The van der Waals surface area contributed by atoms with Crippen LogP contribution in [0.3, 0.4) is 0 Å². The maximum atomic E-state index is 11.3. The van der Waals surface area contributed by atoms with Crippen LogP contribution in [0.15, 0.2) is 5.38 Å². The Labute approximate surface area is 94.1 Å². The molecule has 0 aromatic carbocycles. The van der Waals surface area contributed by atoms with Crippen molar-refractivity contribution in [3.05, 3.63) is 16.1 Å². The Morgan fingerprint density at radius 3 is 3.07 bits per heavy atom. The summed E-state index contributed by atoms with van der Waals surface area (Å²) >= 11 is 1.72. The molecule has 0 N–H and O–H groups in total. The summed E-state index contributed by atoms with van der Waals surface area (Å²) in [5.74, 6) is 0.648. The van der Waals surface area contributed by atoms with Gasteiger partial charge in [0.05, 0.1) is 5.01 Å². The number of rotatable bonds is 1. The molecule has 1 aliphatic rings. The van der Waals surface area contributed by atoms with Gasteiger partial charge in [0.1, 0.15) is 0 Å². The molecular formula is C11H16N2OS. The monoisotopic (exact) mass is 224 g/mol. The van der Waals surface area contributed by atoms with Gasteiger partial charge in [0.15, 0.2) is 0 Å². The maximum Gasteiger partial charge on any atom is 0.219 e. The summed E-state index contributed by atoms with van der Waals surface area (Å²) in [6, 6.07) is 0. The normalized spacial score (nSPS) is 21.7. The van der Waals surface area contributed by atoms with E-state index < -0.39 is 0 Å². The van der Waals surface area contributed by atoms with Crippen LogP contribution in [0.2, 0.25) is 0 Å². The minimum atomic E-state index is 0.188. The van der Waals surface area contributed by atoms with Crippen molar-refractivity contribution in [2.75, 3.05) is 13.1 Å². The van der Waals surface area contributed by atoms with Crippen LogP contribution < -0.4 is 0 Å². The molecule has 15 heavy (non-hydrogen) atoms. The molecular weight excluding hydrogens is 208 g/mol. The molecule has 1 fully saturated rings. The van der Waals surface area contributed by atoms with Crippen LogP contribution in [0.4, 0.5) is 0 Å². The largest absolute Gasteiger partial charge is 0.342 e. The second-order valence-electron chi connectivity index (χ2n) is 4.13. The summed E-state index contributed by atoms with van der Waals surface area (Å²) in [6.07, 6.45) is 2.26. The van der Waals surface area contributed by atoms with Crippen LogP contribution in [0.1, 0.15) is 36.4 Å². The molecule has 0 unspecified atom stereocenters. The highest BCUT2D eigenvalue weighted by atomic mass is 32.1. The van der Waals surface area contributed by atoms with Gasteiger partial charge in [-0.1, -0.05) is 0 Å². The van der Waals surface area contributed by atoms with Crippen LogP contribution in [0.25, 0.3) is 0 Å². The van der Waals surface area contributed by atoms with Gasteiger partial charge in [0.2, 0.25) is 5.91 Å². The Kier molecular flexibility index (Phi) is 3.05. The topological polar surface area (TPSA) is 33.2 Å². The zero-order chi connectivity index (χ0) is 10.8. The molecule has 1 saturated heterocycles. The van der Waals surface area contributed by atoms with Crippen molar-refractivity contribution in [1.82, 2.24) is 9.88 Å². The fraction of sp³-hybridized carbons (Fsp3) is 0.636. The molecule has 0 saturated carbocycles. The summed E-state index contributed by atoms with van der Waals surface area (Å²) < 4.78 is 0. The Balaban J connectivity index is 2.07. The summed E-state index contributed by atoms with van der Waals surface area (Å²) in [5, 5.41) is 3.28. The molecule has 3 nitrogen and oxygen atoms in total. The van der Waals surface area contributed by atoms with Crippen LogP contribution >= 0.6 is 11.3 Å². The van der Waals surface area contributed by atoms with E-state index in [0.29, 0.717) is 5.92 Å². The highest BCUT2D eigenvalue weighted by molar-refractivity contribution is 7.09. The van der Waals surface area contributed by atoms with Gasteiger partial charge in [-0.2, -0.15) is 0 Å². The summed E-state index contributed by atoms with van der Waals surface area (Å²) in [6.45, 7) is 5.43. The van der Waals surface area contributed by atoms with E-state index in [1.165, 1.54) is 5.01 Å². The van der Waals surface area contributed by atoms with Gasteiger partial charge in [0.25, 0.3) is 0 Å². The van der Waals surface area contributed by atoms with E-state index in [1.54, 1.807) is 18.3 Å². The summed E-state index contributed by atoms with van der Waals surface area (Å²) in [5.41, 5.74) is 1.09. The van der Waals surface area contributed by atoms with Crippen molar-refractivity contribution < 1.29 is 4.79 Å². The minimum absolute atomic E-state index is 0.188. The number of aromatic nitrogens is 1. The molecule has 1 aliphatic heterocycles. The van der Waals surface area contributed by atoms with E-state index in [-0.39, 0.29) is 5.91 Å². The van der Waals surface area contributed by atoms with Crippen molar-refractivity contribution in [3.8, 4) is 0 Å². The molecule has 82 valence electrons. The average molecular weight is 224 g/mol. The number of likely N-dealkylation sites (tertiary alicyclic amines) is 1. The van der Waals surface area contributed by atoms with Gasteiger partial charge in [-0.15, -0.1) is 11.3 Å². The minimum Gasteiger partial charge on any atom is -0.342 e. The van der Waals surface area contributed by atoms with Crippen LogP contribution in [-0.4, -0.2) is 28.9 Å². The zero-order valence-electron chi connectivity index (χ0n) is 9.19. The van der Waals surface area contributed by atoms with Gasteiger partial charge in [0, 0.05) is 37.0 Å². The van der Waals surface area contributed by atoms with E-state index in [2.05, 4.69) is 10.4 Å². The van der Waals surface area contributed by atoms with Crippen LogP contribution in [0, 0.1) is 6.92 Å². The average Bonchev–Trinajstić information content (AvgIpc) is 2.65. The number of piperidine rings is 1. The first-order valence-electron chi connectivity index (χ1n) is 5.34. The van der Waals surface area contributed by atoms with Gasteiger partial charge in [-0.25, -0.2) is 4.98 Å². The van der Waals surface area contributed by atoms with E-state index in [9.17, 15) is 4.79 Å². The molecule has 0 spiro atoms. The van der Waals surface area contributed by atoms with Crippen molar-refractivity contribution >= 4 is 17.2 Å². The number of carbonyl (C=O) groups excluding carboxylic acids is 1. The van der Waals surface area contributed by atoms with Gasteiger partial charge >= 0.3 is 0 Å². The predicted molar refractivity (Wildman–Crippen MR) is 61.1 cm³/mol. The van der Waals surface area contributed by atoms with E-state index in [1.807, 2.05) is 11.8 Å². The second-order valence-corrected chi connectivity index (χ2v) is 5.02. The maximum absolute atomic E-state index is 11.3. The van der Waals surface area contributed by atoms with E-state index >= 15 is 0 Å². The van der Waals surface area contributed by atoms with Crippen molar-refractivity contribution in [2.24, 2.45) is 0 Å². The number of hydrogen-bond donors (Lipinski definition) is 0. The lowest BCUT2D eigenvalue weighted by molar-refractivity contribution is -0.130. The molecule has 0 radical (unpaired) electrons. The lowest BCUT2D eigenvalue weighted by Crippen LogP contribution is -2.37. The molecule has 0 aliphatic carbocycles. The molecule has 1 aromatic rings. The van der Waals surface area contributed by atoms with Crippen LogP contribution in [-0.2, 0) is 4.79 Å². The lowest BCUT2D eigenvalue weighted by atomic mass is 9.99. The molecule has 0 bridgehead atoms. The van der Waals surface area contributed by atoms with Gasteiger partial charge in [-0.05, 0) is 19.8 Å². The second kappa shape index (κ2) is 4.31. The molecule has 1 aromatic heterocycles. The summed E-state index contributed by atoms with van der Waals surface area (Å²) in [7, 11) is 0. The molecule has 4 heteroatoms. The van der Waals surface area contributed by atoms with Gasteiger partial charge in [-0.3, -0.25) is 4.79 Å². The molecule has 1 amide bonds. The van der Waals surface area contributed by atoms with Crippen molar-refractivity contribution in [1.29, 1.82) is 0 Å². The Morgan fingerprint density at radius 2 is 2.47 bits per heavy atom. The fourth-order valence-electron chi connectivity index (χ4n) is 2.02. The van der Waals surface area contributed by atoms with E-state index in [0.717, 1.165) is 31.6 Å². The third-order valence-electron chi connectivity index (χ3n) is 2.85. The van der Waals surface area contributed by atoms with Crippen molar-refractivity contribution in [3.63, 3.8) is 0 Å². The third kappa shape index (κ3) is 2.37. The predicted octanol–water partition coefficient (Wildman–Crippen LogP) is 2.18. The van der Waals surface area contributed by atoms with E-state index in [4.69, 9.17) is 0 Å². The highest BCUT2D eigenvalue weighted by Gasteiger charge is 2.24.